The summed E-state index contributed by atoms with van der Waals surface area (Å²) in [6, 6.07) is 4.69. The molecular formula is C13H20N4O3. The fourth-order valence-corrected chi connectivity index (χ4v) is 2.63. The summed E-state index contributed by atoms with van der Waals surface area (Å²) in [7, 11) is 1.71. The quantitative estimate of drug-likeness (QED) is 0.464. The molecule has 1 aromatic carbocycles. The van der Waals surface area contributed by atoms with Gasteiger partial charge in [-0.3, -0.25) is 20.9 Å². The van der Waals surface area contributed by atoms with E-state index in [1.807, 2.05) is 0 Å². The molecule has 1 aromatic rings. The SMILES string of the molecule is COCC1CCN(Cc2cc([N+](=O)[O-])ccc2NN)C1. The van der Waals surface area contributed by atoms with Gasteiger partial charge in [0.25, 0.3) is 5.69 Å². The first-order valence-electron chi connectivity index (χ1n) is 6.59. The Bertz CT molecular complexity index is 481. The minimum atomic E-state index is -0.387. The maximum atomic E-state index is 10.9. The molecule has 1 fully saturated rings. The summed E-state index contributed by atoms with van der Waals surface area (Å²) in [6.07, 6.45) is 1.09. The van der Waals surface area contributed by atoms with Gasteiger partial charge >= 0.3 is 0 Å². The van der Waals surface area contributed by atoms with E-state index in [0.29, 0.717) is 12.5 Å². The molecule has 0 spiro atoms. The lowest BCUT2D eigenvalue weighted by Crippen LogP contribution is -2.22. The maximum absolute atomic E-state index is 10.9. The van der Waals surface area contributed by atoms with Crippen LogP contribution in [0, 0.1) is 16.0 Å². The molecule has 1 saturated heterocycles. The number of nitro groups is 1. The number of benzene rings is 1. The van der Waals surface area contributed by atoms with Crippen molar-refractivity contribution in [3.63, 3.8) is 0 Å². The highest BCUT2D eigenvalue weighted by Crippen LogP contribution is 2.25. The van der Waals surface area contributed by atoms with Crippen LogP contribution in [0.5, 0.6) is 0 Å². The number of non-ortho nitro benzene ring substituents is 1. The second-order valence-corrected chi connectivity index (χ2v) is 5.09. The fourth-order valence-electron chi connectivity index (χ4n) is 2.63. The molecule has 7 nitrogen and oxygen atoms in total. The van der Waals surface area contributed by atoms with Crippen LogP contribution in [0.3, 0.4) is 0 Å². The molecule has 1 aliphatic rings. The highest BCUT2D eigenvalue weighted by atomic mass is 16.6. The van der Waals surface area contributed by atoms with Crippen LogP contribution in [-0.4, -0.2) is 36.6 Å². The summed E-state index contributed by atoms with van der Waals surface area (Å²) in [6.45, 7) is 3.33. The first-order valence-corrected chi connectivity index (χ1v) is 6.59. The minimum absolute atomic E-state index is 0.0895. The van der Waals surface area contributed by atoms with Crippen molar-refractivity contribution in [2.24, 2.45) is 11.8 Å². The summed E-state index contributed by atoms with van der Waals surface area (Å²) in [4.78, 5) is 12.7. The molecule has 0 saturated carbocycles. The molecule has 7 heteroatoms. The Hall–Kier alpha value is -1.70. The van der Waals surface area contributed by atoms with Crippen LogP contribution in [0.2, 0.25) is 0 Å². The van der Waals surface area contributed by atoms with Crippen LogP contribution in [0.25, 0.3) is 0 Å². The van der Waals surface area contributed by atoms with Crippen molar-refractivity contribution in [1.82, 2.24) is 4.90 Å². The Morgan fingerprint density at radius 3 is 3.05 bits per heavy atom. The molecule has 1 aliphatic heterocycles. The zero-order valence-corrected chi connectivity index (χ0v) is 11.5. The number of nitro benzene ring substituents is 1. The van der Waals surface area contributed by atoms with E-state index < -0.39 is 0 Å². The van der Waals surface area contributed by atoms with Gasteiger partial charge in [-0.25, -0.2) is 0 Å². The van der Waals surface area contributed by atoms with Crippen molar-refractivity contribution in [2.75, 3.05) is 32.2 Å². The van der Waals surface area contributed by atoms with E-state index in [-0.39, 0.29) is 10.6 Å². The third-order valence-corrected chi connectivity index (χ3v) is 3.62. The summed E-state index contributed by atoms with van der Waals surface area (Å²) >= 11 is 0. The van der Waals surface area contributed by atoms with Gasteiger partial charge in [0.05, 0.1) is 17.2 Å². The van der Waals surface area contributed by atoms with Gasteiger partial charge in [0.15, 0.2) is 0 Å². The van der Waals surface area contributed by atoms with Gasteiger partial charge in [0, 0.05) is 32.3 Å². The fraction of sp³-hybridized carbons (Fsp3) is 0.538. The largest absolute Gasteiger partial charge is 0.384 e. The normalized spacial score (nSPS) is 19.2. The van der Waals surface area contributed by atoms with E-state index in [2.05, 4.69) is 10.3 Å². The van der Waals surface area contributed by atoms with E-state index >= 15 is 0 Å². The lowest BCUT2D eigenvalue weighted by atomic mass is 10.1. The molecular weight excluding hydrogens is 260 g/mol. The Kier molecular flexibility index (Phi) is 4.89. The number of likely N-dealkylation sites (tertiary alicyclic amines) is 1. The van der Waals surface area contributed by atoms with E-state index in [0.717, 1.165) is 37.4 Å². The Labute approximate surface area is 117 Å². The van der Waals surface area contributed by atoms with Gasteiger partial charge in [-0.15, -0.1) is 0 Å². The third-order valence-electron chi connectivity index (χ3n) is 3.62. The summed E-state index contributed by atoms with van der Waals surface area (Å²) in [5.74, 6) is 6.00. The van der Waals surface area contributed by atoms with Crippen molar-refractivity contribution in [3.8, 4) is 0 Å². The molecule has 0 amide bonds. The topological polar surface area (TPSA) is 93.7 Å². The molecule has 20 heavy (non-hydrogen) atoms. The molecule has 0 bridgehead atoms. The summed E-state index contributed by atoms with van der Waals surface area (Å²) in [5.41, 5.74) is 4.26. The van der Waals surface area contributed by atoms with Crippen molar-refractivity contribution >= 4 is 11.4 Å². The average molecular weight is 280 g/mol. The van der Waals surface area contributed by atoms with Crippen LogP contribution < -0.4 is 11.3 Å². The molecule has 0 radical (unpaired) electrons. The lowest BCUT2D eigenvalue weighted by molar-refractivity contribution is -0.384. The monoisotopic (exact) mass is 280 g/mol. The number of hydrogen-bond donors (Lipinski definition) is 2. The van der Waals surface area contributed by atoms with E-state index in [1.54, 1.807) is 19.2 Å². The van der Waals surface area contributed by atoms with Crippen LogP contribution in [0.1, 0.15) is 12.0 Å². The van der Waals surface area contributed by atoms with Crippen molar-refractivity contribution in [1.29, 1.82) is 0 Å². The number of nitrogens with two attached hydrogens (primary N) is 1. The van der Waals surface area contributed by atoms with Crippen LogP contribution >= 0.6 is 0 Å². The molecule has 0 aromatic heterocycles. The summed E-state index contributed by atoms with van der Waals surface area (Å²) in [5, 5.41) is 10.9. The number of rotatable bonds is 6. The molecule has 1 atom stereocenters. The zero-order chi connectivity index (χ0) is 14.5. The number of ether oxygens (including phenoxy) is 1. The van der Waals surface area contributed by atoms with Crippen LogP contribution in [-0.2, 0) is 11.3 Å². The lowest BCUT2D eigenvalue weighted by Gasteiger charge is -2.18. The Balaban J connectivity index is 2.08. The molecule has 110 valence electrons. The van der Waals surface area contributed by atoms with Gasteiger partial charge < -0.3 is 10.2 Å². The standard InChI is InChI=1S/C13H20N4O3/c1-20-9-10-4-5-16(7-10)8-11-6-12(17(18)19)2-3-13(11)15-14/h2-3,6,10,15H,4-5,7-9,14H2,1H3. The molecule has 1 unspecified atom stereocenters. The van der Waals surface area contributed by atoms with Gasteiger partial charge in [-0.2, -0.15) is 0 Å². The minimum Gasteiger partial charge on any atom is -0.384 e. The number of anilines is 1. The van der Waals surface area contributed by atoms with E-state index in [1.165, 1.54) is 6.07 Å². The van der Waals surface area contributed by atoms with Crippen LogP contribution in [0.4, 0.5) is 11.4 Å². The predicted octanol–water partition coefficient (Wildman–Crippen LogP) is 1.35. The first-order chi connectivity index (χ1) is 9.63. The van der Waals surface area contributed by atoms with Crippen LogP contribution in [0.15, 0.2) is 18.2 Å². The number of nitrogens with zero attached hydrogens (tertiary/aromatic N) is 2. The van der Waals surface area contributed by atoms with Crippen molar-refractivity contribution in [3.05, 3.63) is 33.9 Å². The number of nitrogen functional groups attached to an aromatic ring is 1. The number of hydrogen-bond acceptors (Lipinski definition) is 6. The summed E-state index contributed by atoms with van der Waals surface area (Å²) < 4.78 is 5.17. The van der Waals surface area contributed by atoms with Crippen molar-refractivity contribution < 1.29 is 9.66 Å². The Morgan fingerprint density at radius 1 is 1.60 bits per heavy atom. The molecule has 2 rings (SSSR count). The Morgan fingerprint density at radius 2 is 2.40 bits per heavy atom. The van der Waals surface area contributed by atoms with Gasteiger partial charge in [-0.1, -0.05) is 0 Å². The molecule has 0 aliphatic carbocycles. The van der Waals surface area contributed by atoms with Gasteiger partial charge in [0.1, 0.15) is 0 Å². The molecule has 3 N–H and O–H groups in total. The number of hydrazine groups is 1. The van der Waals surface area contributed by atoms with Gasteiger partial charge in [0.2, 0.25) is 0 Å². The second kappa shape index (κ2) is 6.65. The van der Waals surface area contributed by atoms with Crippen molar-refractivity contribution in [2.45, 2.75) is 13.0 Å². The zero-order valence-electron chi connectivity index (χ0n) is 11.5. The average Bonchev–Trinajstić information content (AvgIpc) is 2.86. The number of nitrogens with one attached hydrogen (secondary N) is 1. The smallest absolute Gasteiger partial charge is 0.269 e. The van der Waals surface area contributed by atoms with E-state index in [4.69, 9.17) is 10.6 Å². The highest BCUT2D eigenvalue weighted by molar-refractivity contribution is 5.55. The van der Waals surface area contributed by atoms with E-state index in [9.17, 15) is 10.1 Å². The molecule has 1 heterocycles. The van der Waals surface area contributed by atoms with Gasteiger partial charge in [-0.05, 0) is 30.5 Å². The maximum Gasteiger partial charge on any atom is 0.269 e. The first kappa shape index (κ1) is 14.7. The predicted molar refractivity (Wildman–Crippen MR) is 76.2 cm³/mol. The number of methoxy groups -OCH3 is 1. The third kappa shape index (κ3) is 3.44. The second-order valence-electron chi connectivity index (χ2n) is 5.09. The highest BCUT2D eigenvalue weighted by Gasteiger charge is 2.23.